The Hall–Kier alpha value is -0.610. The number of rotatable bonds is 4. The predicted molar refractivity (Wildman–Crippen MR) is 80.4 cm³/mol. The number of nitrogens with zero attached hydrogens (tertiary/aromatic N) is 1. The van der Waals surface area contributed by atoms with Crippen molar-refractivity contribution in [3.05, 3.63) is 0 Å². The monoisotopic (exact) mass is 282 g/mol. The van der Waals surface area contributed by atoms with Crippen LogP contribution in [0.15, 0.2) is 0 Å². The van der Waals surface area contributed by atoms with E-state index >= 15 is 0 Å². The van der Waals surface area contributed by atoms with Gasteiger partial charge in [-0.3, -0.25) is 9.69 Å². The number of aliphatic hydroxyl groups is 1. The number of likely N-dealkylation sites (tertiary alicyclic amines) is 1. The van der Waals surface area contributed by atoms with Gasteiger partial charge in [0.25, 0.3) is 0 Å². The van der Waals surface area contributed by atoms with E-state index in [1.807, 2.05) is 6.92 Å². The van der Waals surface area contributed by atoms with Crippen LogP contribution in [0.4, 0.5) is 0 Å². The van der Waals surface area contributed by atoms with Gasteiger partial charge in [-0.15, -0.1) is 0 Å². The molecular formula is C16H30N2O2. The molecule has 4 heteroatoms. The molecule has 1 saturated heterocycles. The molecule has 2 rings (SSSR count). The van der Waals surface area contributed by atoms with Crippen LogP contribution in [-0.4, -0.2) is 47.7 Å². The third-order valence-corrected chi connectivity index (χ3v) is 5.14. The van der Waals surface area contributed by atoms with E-state index in [1.54, 1.807) is 0 Å². The highest BCUT2D eigenvalue weighted by Crippen LogP contribution is 2.24. The molecule has 1 aliphatic heterocycles. The summed E-state index contributed by atoms with van der Waals surface area (Å²) in [5.41, 5.74) is 0. The zero-order valence-electron chi connectivity index (χ0n) is 13.0. The van der Waals surface area contributed by atoms with Crippen LogP contribution in [0.3, 0.4) is 0 Å². The van der Waals surface area contributed by atoms with Crippen LogP contribution >= 0.6 is 0 Å². The summed E-state index contributed by atoms with van der Waals surface area (Å²) in [6.07, 6.45) is 6.72. The highest BCUT2D eigenvalue weighted by Gasteiger charge is 2.26. The number of hydrogen-bond donors (Lipinski definition) is 2. The molecular weight excluding hydrogens is 252 g/mol. The van der Waals surface area contributed by atoms with Gasteiger partial charge in [0.2, 0.25) is 5.91 Å². The van der Waals surface area contributed by atoms with Crippen LogP contribution in [0.5, 0.6) is 0 Å². The summed E-state index contributed by atoms with van der Waals surface area (Å²) in [6, 6.07) is 0.381. The smallest absolute Gasteiger partial charge is 0.234 e. The van der Waals surface area contributed by atoms with Crippen molar-refractivity contribution in [3.8, 4) is 0 Å². The zero-order valence-corrected chi connectivity index (χ0v) is 13.0. The van der Waals surface area contributed by atoms with E-state index in [9.17, 15) is 9.90 Å². The Labute approximate surface area is 122 Å². The minimum Gasteiger partial charge on any atom is -0.393 e. The van der Waals surface area contributed by atoms with Gasteiger partial charge in [0.15, 0.2) is 0 Å². The van der Waals surface area contributed by atoms with Gasteiger partial charge in [-0.2, -0.15) is 0 Å². The molecule has 0 aromatic heterocycles. The Bertz CT molecular complexity index is 312. The first kappa shape index (κ1) is 15.8. The number of piperidine rings is 1. The number of aliphatic hydroxyl groups excluding tert-OH is 1. The van der Waals surface area contributed by atoms with Crippen molar-refractivity contribution in [3.63, 3.8) is 0 Å². The Morgan fingerprint density at radius 2 is 1.90 bits per heavy atom. The number of hydrogen-bond acceptors (Lipinski definition) is 3. The van der Waals surface area contributed by atoms with Crippen LogP contribution in [0, 0.1) is 11.8 Å². The van der Waals surface area contributed by atoms with Crippen LogP contribution < -0.4 is 5.32 Å². The summed E-state index contributed by atoms with van der Waals surface area (Å²) in [6.45, 7) is 6.51. The molecule has 2 N–H and O–H groups in total. The third kappa shape index (κ3) is 4.45. The lowest BCUT2D eigenvalue weighted by atomic mass is 9.86. The van der Waals surface area contributed by atoms with E-state index < -0.39 is 0 Å². The van der Waals surface area contributed by atoms with Crippen molar-refractivity contribution in [2.75, 3.05) is 19.6 Å². The Morgan fingerprint density at radius 1 is 1.25 bits per heavy atom. The molecule has 2 fully saturated rings. The van der Waals surface area contributed by atoms with Crippen molar-refractivity contribution in [2.45, 2.75) is 64.5 Å². The molecule has 20 heavy (non-hydrogen) atoms. The summed E-state index contributed by atoms with van der Waals surface area (Å²) in [5.74, 6) is 1.21. The Kier molecular flexibility index (Phi) is 5.85. The maximum absolute atomic E-state index is 12.1. The molecule has 0 aromatic rings. The molecule has 0 spiro atoms. The molecule has 1 heterocycles. The van der Waals surface area contributed by atoms with E-state index in [-0.39, 0.29) is 12.0 Å². The average molecular weight is 282 g/mol. The van der Waals surface area contributed by atoms with Crippen molar-refractivity contribution < 1.29 is 9.90 Å². The summed E-state index contributed by atoms with van der Waals surface area (Å²) >= 11 is 0. The Morgan fingerprint density at radius 3 is 2.50 bits per heavy atom. The fourth-order valence-corrected chi connectivity index (χ4v) is 3.58. The van der Waals surface area contributed by atoms with E-state index in [1.165, 1.54) is 19.3 Å². The van der Waals surface area contributed by atoms with Gasteiger partial charge in [0.05, 0.1) is 12.6 Å². The highest BCUT2D eigenvalue weighted by molar-refractivity contribution is 5.78. The minimum absolute atomic E-state index is 0.180. The van der Waals surface area contributed by atoms with E-state index in [0.717, 1.165) is 32.4 Å². The molecule has 3 atom stereocenters. The molecule has 0 bridgehead atoms. The maximum atomic E-state index is 12.1. The molecule has 0 aromatic carbocycles. The average Bonchev–Trinajstić information content (AvgIpc) is 2.42. The molecule has 1 saturated carbocycles. The van der Waals surface area contributed by atoms with E-state index in [0.29, 0.717) is 24.4 Å². The maximum Gasteiger partial charge on any atom is 0.234 e. The molecule has 0 radical (unpaired) electrons. The fourth-order valence-electron chi connectivity index (χ4n) is 3.58. The van der Waals surface area contributed by atoms with Crippen molar-refractivity contribution in [2.24, 2.45) is 11.8 Å². The van der Waals surface area contributed by atoms with Gasteiger partial charge in [-0.25, -0.2) is 0 Å². The molecule has 1 aliphatic carbocycles. The first-order valence-electron chi connectivity index (χ1n) is 8.26. The second-order valence-corrected chi connectivity index (χ2v) is 6.79. The van der Waals surface area contributed by atoms with Gasteiger partial charge in [-0.05, 0) is 57.5 Å². The highest BCUT2D eigenvalue weighted by atomic mass is 16.3. The summed E-state index contributed by atoms with van der Waals surface area (Å²) in [4.78, 5) is 14.4. The quantitative estimate of drug-likeness (QED) is 0.826. The fraction of sp³-hybridized carbons (Fsp3) is 0.938. The number of carbonyl (C=O) groups excluding carboxylic acids is 1. The second kappa shape index (κ2) is 7.41. The SMILES string of the molecule is C[C@H](O)C1CCN(CC(=O)N[C@H]2CCCC[C@H]2C)CC1. The van der Waals surface area contributed by atoms with Gasteiger partial charge in [0.1, 0.15) is 0 Å². The molecule has 1 amide bonds. The van der Waals surface area contributed by atoms with Crippen LogP contribution in [0.2, 0.25) is 0 Å². The molecule has 4 nitrogen and oxygen atoms in total. The van der Waals surface area contributed by atoms with Crippen molar-refractivity contribution in [1.82, 2.24) is 10.2 Å². The van der Waals surface area contributed by atoms with Gasteiger partial charge in [-0.1, -0.05) is 19.8 Å². The van der Waals surface area contributed by atoms with Crippen LogP contribution in [0.1, 0.15) is 52.4 Å². The summed E-state index contributed by atoms with van der Waals surface area (Å²) in [5, 5.41) is 12.8. The van der Waals surface area contributed by atoms with Crippen LogP contribution in [-0.2, 0) is 4.79 Å². The summed E-state index contributed by atoms with van der Waals surface area (Å²) < 4.78 is 0. The standard InChI is InChI=1S/C16H30N2O2/c1-12-5-3-4-6-15(12)17-16(20)11-18-9-7-14(8-10-18)13(2)19/h12-15,19H,3-11H2,1-2H3,(H,17,20)/t12-,13+,15+/m1/s1. The molecule has 0 unspecified atom stereocenters. The normalized spacial score (nSPS) is 30.9. The third-order valence-electron chi connectivity index (χ3n) is 5.14. The van der Waals surface area contributed by atoms with Crippen molar-refractivity contribution in [1.29, 1.82) is 0 Å². The van der Waals surface area contributed by atoms with Gasteiger partial charge in [0, 0.05) is 6.04 Å². The first-order chi connectivity index (χ1) is 9.56. The number of nitrogens with one attached hydrogen (secondary N) is 1. The zero-order chi connectivity index (χ0) is 14.5. The second-order valence-electron chi connectivity index (χ2n) is 6.79. The van der Waals surface area contributed by atoms with Gasteiger partial charge < -0.3 is 10.4 Å². The van der Waals surface area contributed by atoms with Crippen molar-refractivity contribution >= 4 is 5.91 Å². The van der Waals surface area contributed by atoms with Gasteiger partial charge >= 0.3 is 0 Å². The lowest BCUT2D eigenvalue weighted by molar-refractivity contribution is -0.124. The van der Waals surface area contributed by atoms with Crippen LogP contribution in [0.25, 0.3) is 0 Å². The first-order valence-corrected chi connectivity index (χ1v) is 8.26. The molecule has 116 valence electrons. The number of amides is 1. The predicted octanol–water partition coefficient (Wildman–Crippen LogP) is 1.77. The lowest BCUT2D eigenvalue weighted by Gasteiger charge is -2.34. The van der Waals surface area contributed by atoms with E-state index in [2.05, 4.69) is 17.1 Å². The Balaban J connectivity index is 1.70. The summed E-state index contributed by atoms with van der Waals surface area (Å²) in [7, 11) is 0. The minimum atomic E-state index is -0.214. The lowest BCUT2D eigenvalue weighted by Crippen LogP contribution is -2.47. The molecule has 2 aliphatic rings. The number of carbonyl (C=O) groups is 1. The topological polar surface area (TPSA) is 52.6 Å². The van der Waals surface area contributed by atoms with E-state index in [4.69, 9.17) is 0 Å². The largest absolute Gasteiger partial charge is 0.393 e.